The van der Waals surface area contributed by atoms with Gasteiger partial charge < -0.3 is 14.8 Å². The number of carbonyl (C=O) groups excluding carboxylic acids is 1. The second-order valence-electron chi connectivity index (χ2n) is 8.01. The summed E-state index contributed by atoms with van der Waals surface area (Å²) in [6.45, 7) is 0. The van der Waals surface area contributed by atoms with Crippen LogP contribution in [0.5, 0.6) is 5.75 Å². The number of methoxy groups -OCH3 is 2. The maximum absolute atomic E-state index is 11.5. The number of nitrogens with one attached hydrogen (secondary N) is 1. The van der Waals surface area contributed by atoms with E-state index in [4.69, 9.17) is 14.5 Å². The van der Waals surface area contributed by atoms with Crippen molar-refractivity contribution in [1.29, 1.82) is 0 Å². The van der Waals surface area contributed by atoms with Gasteiger partial charge in [-0.3, -0.25) is 4.79 Å². The summed E-state index contributed by atoms with van der Waals surface area (Å²) in [5.74, 6) is 1.77. The number of ether oxygens (including phenoxy) is 2. The summed E-state index contributed by atoms with van der Waals surface area (Å²) in [5, 5.41) is 6.28. The third-order valence-corrected chi connectivity index (χ3v) is 6.79. The number of thiazole rings is 1. The smallest absolute Gasteiger partial charge is 0.305 e. The highest BCUT2D eigenvalue weighted by atomic mass is 32.1. The fourth-order valence-corrected chi connectivity index (χ4v) is 4.97. The Morgan fingerprint density at radius 3 is 2.58 bits per heavy atom. The molecule has 5 nitrogen and oxygen atoms in total. The number of rotatable bonds is 7. The number of hydrogen-bond acceptors (Lipinski definition) is 6. The van der Waals surface area contributed by atoms with Crippen molar-refractivity contribution in [3.63, 3.8) is 0 Å². The first-order valence-electron chi connectivity index (χ1n) is 10.7. The third-order valence-electron chi connectivity index (χ3n) is 6.03. The van der Waals surface area contributed by atoms with Crippen LogP contribution in [0, 0.1) is 5.92 Å². The fourth-order valence-electron chi connectivity index (χ4n) is 4.23. The predicted octanol–water partition coefficient (Wildman–Crippen LogP) is 6.40. The molecule has 1 aromatic heterocycles. The van der Waals surface area contributed by atoms with Crippen LogP contribution >= 0.6 is 11.3 Å². The molecule has 162 valence electrons. The van der Waals surface area contributed by atoms with Crippen molar-refractivity contribution < 1.29 is 14.3 Å². The van der Waals surface area contributed by atoms with Crippen LogP contribution in [0.3, 0.4) is 0 Å². The van der Waals surface area contributed by atoms with Crippen molar-refractivity contribution in [2.45, 2.75) is 38.0 Å². The fraction of sp³-hybridized carbons (Fsp3) is 0.360. The quantitative estimate of drug-likeness (QED) is 0.434. The minimum atomic E-state index is -0.0867. The van der Waals surface area contributed by atoms with Gasteiger partial charge in [0.25, 0.3) is 0 Å². The number of anilines is 2. The normalized spacial score (nSPS) is 18.4. The van der Waals surface area contributed by atoms with E-state index in [-0.39, 0.29) is 5.97 Å². The Morgan fingerprint density at radius 2 is 1.87 bits per heavy atom. The van der Waals surface area contributed by atoms with Crippen LogP contribution in [0.25, 0.3) is 11.3 Å². The lowest BCUT2D eigenvalue weighted by Gasteiger charge is -2.28. The van der Waals surface area contributed by atoms with Gasteiger partial charge in [-0.2, -0.15) is 0 Å². The molecule has 1 aliphatic carbocycles. The van der Waals surface area contributed by atoms with E-state index in [1.165, 1.54) is 12.7 Å². The number of esters is 1. The average molecular weight is 437 g/mol. The molecule has 0 unspecified atom stereocenters. The van der Waals surface area contributed by atoms with Gasteiger partial charge in [-0.15, -0.1) is 11.3 Å². The van der Waals surface area contributed by atoms with Crippen LogP contribution in [0.2, 0.25) is 0 Å². The predicted molar refractivity (Wildman–Crippen MR) is 125 cm³/mol. The van der Waals surface area contributed by atoms with Crippen molar-refractivity contribution >= 4 is 28.1 Å². The Morgan fingerprint density at radius 1 is 1.10 bits per heavy atom. The molecule has 6 heteroatoms. The van der Waals surface area contributed by atoms with Crippen LogP contribution in [0.4, 0.5) is 10.8 Å². The highest BCUT2D eigenvalue weighted by Crippen LogP contribution is 2.38. The van der Waals surface area contributed by atoms with Gasteiger partial charge in [0.05, 0.1) is 19.9 Å². The molecule has 1 N–H and O–H groups in total. The van der Waals surface area contributed by atoms with Crippen molar-refractivity contribution in [1.82, 2.24) is 4.98 Å². The van der Waals surface area contributed by atoms with E-state index in [1.807, 2.05) is 24.3 Å². The zero-order chi connectivity index (χ0) is 21.6. The summed E-state index contributed by atoms with van der Waals surface area (Å²) in [5.41, 5.74) is 4.44. The number of carbonyl (C=O) groups is 1. The Balaban J connectivity index is 1.36. The molecule has 1 aliphatic rings. The van der Waals surface area contributed by atoms with E-state index >= 15 is 0 Å². The highest BCUT2D eigenvalue weighted by molar-refractivity contribution is 7.14. The lowest BCUT2D eigenvalue weighted by molar-refractivity contribution is -0.142. The average Bonchev–Trinajstić information content (AvgIpc) is 3.28. The largest absolute Gasteiger partial charge is 0.497 e. The van der Waals surface area contributed by atoms with Gasteiger partial charge in [0.15, 0.2) is 5.13 Å². The monoisotopic (exact) mass is 436 g/mol. The van der Waals surface area contributed by atoms with E-state index in [2.05, 4.69) is 35.0 Å². The summed E-state index contributed by atoms with van der Waals surface area (Å²) >= 11 is 1.59. The molecular weight excluding hydrogens is 408 g/mol. The van der Waals surface area contributed by atoms with E-state index in [0.717, 1.165) is 53.5 Å². The van der Waals surface area contributed by atoms with Gasteiger partial charge in [-0.25, -0.2) is 4.98 Å². The van der Waals surface area contributed by atoms with Crippen LogP contribution in [0.1, 0.15) is 43.6 Å². The molecule has 0 spiro atoms. The Labute approximate surface area is 187 Å². The van der Waals surface area contributed by atoms with E-state index in [0.29, 0.717) is 18.3 Å². The van der Waals surface area contributed by atoms with Crippen LogP contribution in [-0.2, 0) is 9.53 Å². The SMILES string of the molecule is COC(=O)CC1CCC(c2ccc(-c3csc(Nc4cccc(OC)c4)n3)cc2)CC1. The first kappa shape index (κ1) is 21.4. The summed E-state index contributed by atoms with van der Waals surface area (Å²) < 4.78 is 10.1. The first-order chi connectivity index (χ1) is 15.1. The molecule has 1 saturated carbocycles. The minimum absolute atomic E-state index is 0.0867. The molecule has 1 heterocycles. The van der Waals surface area contributed by atoms with Gasteiger partial charge >= 0.3 is 5.97 Å². The van der Waals surface area contributed by atoms with Crippen molar-refractivity contribution in [2.24, 2.45) is 5.92 Å². The van der Waals surface area contributed by atoms with Gasteiger partial charge in [0, 0.05) is 29.1 Å². The number of hydrogen-bond donors (Lipinski definition) is 1. The molecule has 0 saturated heterocycles. The molecule has 0 aliphatic heterocycles. The number of aromatic nitrogens is 1. The standard InChI is InChI=1S/C25H28N2O3S/c1-29-22-5-3-4-21(15-22)26-25-27-23(16-31-25)20-12-10-19(11-13-20)18-8-6-17(7-9-18)14-24(28)30-2/h3-5,10-13,15-18H,6-9,14H2,1-2H3,(H,26,27). The highest BCUT2D eigenvalue weighted by Gasteiger charge is 2.24. The van der Waals surface area contributed by atoms with Gasteiger partial charge in [0.2, 0.25) is 0 Å². The third kappa shape index (κ3) is 5.44. The van der Waals surface area contributed by atoms with Crippen LogP contribution in [0.15, 0.2) is 53.9 Å². The van der Waals surface area contributed by atoms with Gasteiger partial charge in [0.1, 0.15) is 5.75 Å². The molecule has 4 rings (SSSR count). The molecule has 0 atom stereocenters. The Kier molecular flexibility index (Phi) is 6.87. The van der Waals surface area contributed by atoms with Crippen molar-refractivity contribution in [2.75, 3.05) is 19.5 Å². The van der Waals surface area contributed by atoms with Crippen molar-refractivity contribution in [3.8, 4) is 17.0 Å². The second-order valence-corrected chi connectivity index (χ2v) is 8.87. The molecule has 0 amide bonds. The van der Waals surface area contributed by atoms with Gasteiger partial charge in [-0.1, -0.05) is 30.3 Å². The van der Waals surface area contributed by atoms with Gasteiger partial charge in [-0.05, 0) is 55.2 Å². The second kappa shape index (κ2) is 9.96. The van der Waals surface area contributed by atoms with Crippen LogP contribution in [-0.4, -0.2) is 25.2 Å². The zero-order valence-corrected chi connectivity index (χ0v) is 18.8. The van der Waals surface area contributed by atoms with Crippen LogP contribution < -0.4 is 10.1 Å². The molecule has 0 bridgehead atoms. The summed E-state index contributed by atoms with van der Waals surface area (Å²) in [7, 11) is 3.13. The number of nitrogens with zero attached hydrogens (tertiary/aromatic N) is 1. The number of benzene rings is 2. The first-order valence-corrected chi connectivity index (χ1v) is 11.6. The summed E-state index contributed by atoms with van der Waals surface area (Å²) in [6.07, 6.45) is 5.00. The van der Waals surface area contributed by atoms with E-state index in [9.17, 15) is 4.79 Å². The Bertz CT molecular complexity index is 1010. The lowest BCUT2D eigenvalue weighted by Crippen LogP contribution is -2.17. The minimum Gasteiger partial charge on any atom is -0.497 e. The molecule has 3 aromatic rings. The zero-order valence-electron chi connectivity index (χ0n) is 18.0. The van der Waals surface area contributed by atoms with E-state index < -0.39 is 0 Å². The lowest BCUT2D eigenvalue weighted by atomic mass is 9.77. The van der Waals surface area contributed by atoms with E-state index in [1.54, 1.807) is 18.4 Å². The molecule has 2 aromatic carbocycles. The maximum atomic E-state index is 11.5. The summed E-state index contributed by atoms with van der Waals surface area (Å²) in [6, 6.07) is 16.6. The Hall–Kier alpha value is -2.86. The summed E-state index contributed by atoms with van der Waals surface area (Å²) in [4.78, 5) is 16.2. The van der Waals surface area contributed by atoms with Crippen molar-refractivity contribution in [3.05, 3.63) is 59.5 Å². The maximum Gasteiger partial charge on any atom is 0.305 e. The molecule has 0 radical (unpaired) electrons. The molecular formula is C25H28N2O3S. The molecule has 1 fully saturated rings. The molecule has 31 heavy (non-hydrogen) atoms. The topological polar surface area (TPSA) is 60.5 Å².